The Bertz CT molecular complexity index is 982. The zero-order valence-corrected chi connectivity index (χ0v) is 17.3. The predicted octanol–water partition coefficient (Wildman–Crippen LogP) is 5.78. The van der Waals surface area contributed by atoms with Gasteiger partial charge in [-0.1, -0.05) is 79.7 Å². The maximum absolute atomic E-state index is 4.71. The van der Waals surface area contributed by atoms with Crippen LogP contribution in [0.25, 0.3) is 5.57 Å². The summed E-state index contributed by atoms with van der Waals surface area (Å²) in [6.07, 6.45) is 4.65. The van der Waals surface area contributed by atoms with Gasteiger partial charge >= 0.3 is 0 Å². The van der Waals surface area contributed by atoms with E-state index in [0.717, 1.165) is 23.4 Å². The fourth-order valence-electron chi connectivity index (χ4n) is 3.51. The number of rotatable bonds is 6. The third kappa shape index (κ3) is 4.34. The average Bonchev–Trinajstić information content (AvgIpc) is 2.81. The highest BCUT2D eigenvalue weighted by Crippen LogP contribution is 2.49. The molecule has 0 saturated heterocycles. The molecule has 0 radical (unpaired) electrons. The van der Waals surface area contributed by atoms with Gasteiger partial charge in [0.1, 0.15) is 0 Å². The second-order valence-corrected chi connectivity index (χ2v) is 8.86. The zero-order valence-electron chi connectivity index (χ0n) is 16.4. The fraction of sp³-hybridized carbons (Fsp3) is 0.0769. The summed E-state index contributed by atoms with van der Waals surface area (Å²) in [6.45, 7) is 2.24. The number of hydrogen-bond donors (Lipinski definition) is 0. The zero-order chi connectivity index (χ0) is 19.9. The summed E-state index contributed by atoms with van der Waals surface area (Å²) < 4.78 is 0. The van der Waals surface area contributed by atoms with Crippen LogP contribution in [-0.4, -0.2) is 9.97 Å². The van der Waals surface area contributed by atoms with Crippen molar-refractivity contribution >= 4 is 24.1 Å². The van der Waals surface area contributed by atoms with Crippen LogP contribution in [-0.2, 0) is 0 Å². The van der Waals surface area contributed by atoms with Gasteiger partial charge in [-0.15, -0.1) is 0 Å². The summed E-state index contributed by atoms with van der Waals surface area (Å²) in [6, 6.07) is 33.8. The van der Waals surface area contributed by atoms with Gasteiger partial charge in [0, 0.05) is 18.0 Å². The van der Waals surface area contributed by atoms with Crippen LogP contribution in [0.4, 0.5) is 0 Å². The molecular weight excluding hydrogens is 371 g/mol. The summed E-state index contributed by atoms with van der Waals surface area (Å²) in [7, 11) is -0.701. The molecular formula is C26H23N2P. The minimum absolute atomic E-state index is 0.701. The average molecular weight is 394 g/mol. The Morgan fingerprint density at radius 1 is 0.621 bits per heavy atom. The van der Waals surface area contributed by atoms with E-state index >= 15 is 0 Å². The Hall–Kier alpha value is -3.09. The van der Waals surface area contributed by atoms with Crippen molar-refractivity contribution in [1.82, 2.24) is 9.97 Å². The minimum Gasteiger partial charge on any atom is -0.256 e. The number of pyridine rings is 2. The largest absolute Gasteiger partial charge is 0.256 e. The predicted molar refractivity (Wildman–Crippen MR) is 124 cm³/mol. The lowest BCUT2D eigenvalue weighted by molar-refractivity contribution is 1.16. The van der Waals surface area contributed by atoms with Gasteiger partial charge in [-0.2, -0.15) is 0 Å². The molecule has 0 bridgehead atoms. The van der Waals surface area contributed by atoms with E-state index in [2.05, 4.69) is 79.7 Å². The molecule has 2 aromatic heterocycles. The highest BCUT2D eigenvalue weighted by Gasteiger charge is 2.23. The van der Waals surface area contributed by atoms with E-state index in [1.54, 1.807) is 0 Å². The van der Waals surface area contributed by atoms with Gasteiger partial charge in [-0.25, -0.2) is 0 Å². The summed E-state index contributed by atoms with van der Waals surface area (Å²) in [5.74, 6) is 0. The molecule has 0 saturated carbocycles. The number of benzene rings is 2. The van der Waals surface area contributed by atoms with Crippen LogP contribution in [0.3, 0.4) is 0 Å². The van der Waals surface area contributed by atoms with Crippen molar-refractivity contribution in [2.75, 3.05) is 0 Å². The van der Waals surface area contributed by atoms with Crippen LogP contribution >= 0.6 is 7.92 Å². The molecule has 0 aliphatic heterocycles. The van der Waals surface area contributed by atoms with Crippen molar-refractivity contribution in [1.29, 1.82) is 0 Å². The monoisotopic (exact) mass is 394 g/mol. The molecule has 3 heteroatoms. The maximum atomic E-state index is 4.71. The lowest BCUT2D eigenvalue weighted by Gasteiger charge is -2.25. The molecule has 2 aromatic carbocycles. The lowest BCUT2D eigenvalue weighted by Crippen LogP contribution is -2.14. The van der Waals surface area contributed by atoms with E-state index in [4.69, 9.17) is 9.97 Å². The van der Waals surface area contributed by atoms with Crippen LogP contribution in [0, 0.1) is 0 Å². The van der Waals surface area contributed by atoms with Crippen molar-refractivity contribution in [3.05, 3.63) is 126 Å². The highest BCUT2D eigenvalue weighted by atomic mass is 31.1. The van der Waals surface area contributed by atoms with E-state index < -0.39 is 7.92 Å². The SMILES string of the molecule is CCC(=C(c1ccccn1)c1ccccn1)P(c1ccccc1)c1ccccc1. The molecule has 0 N–H and O–H groups in total. The molecule has 0 unspecified atom stereocenters. The first kappa shape index (κ1) is 19.2. The molecule has 29 heavy (non-hydrogen) atoms. The Labute approximate surface area is 173 Å². The lowest BCUT2D eigenvalue weighted by atomic mass is 10.1. The van der Waals surface area contributed by atoms with Gasteiger partial charge in [0.2, 0.25) is 0 Å². The van der Waals surface area contributed by atoms with Crippen molar-refractivity contribution in [3.63, 3.8) is 0 Å². The number of hydrogen-bond acceptors (Lipinski definition) is 2. The van der Waals surface area contributed by atoms with Crippen molar-refractivity contribution < 1.29 is 0 Å². The van der Waals surface area contributed by atoms with E-state index in [1.165, 1.54) is 15.9 Å². The van der Waals surface area contributed by atoms with Crippen molar-refractivity contribution in [2.45, 2.75) is 13.3 Å². The quantitative estimate of drug-likeness (QED) is 0.388. The molecule has 0 atom stereocenters. The third-order valence-electron chi connectivity index (χ3n) is 4.76. The first-order valence-electron chi connectivity index (χ1n) is 9.84. The fourth-order valence-corrected chi connectivity index (χ4v) is 6.14. The summed E-state index contributed by atoms with van der Waals surface area (Å²) in [5, 5.41) is 4.07. The third-order valence-corrected chi connectivity index (χ3v) is 7.47. The van der Waals surface area contributed by atoms with E-state index in [0.29, 0.717) is 0 Å². The van der Waals surface area contributed by atoms with Gasteiger partial charge in [0.05, 0.1) is 11.4 Å². The minimum atomic E-state index is -0.701. The Balaban J connectivity index is 2.02. The van der Waals surface area contributed by atoms with E-state index in [9.17, 15) is 0 Å². The smallest absolute Gasteiger partial charge is 0.0727 e. The number of allylic oxidation sites excluding steroid dienone is 1. The summed E-state index contributed by atoms with van der Waals surface area (Å²) >= 11 is 0. The summed E-state index contributed by atoms with van der Waals surface area (Å²) in [4.78, 5) is 9.41. The molecule has 0 fully saturated rings. The van der Waals surface area contributed by atoms with Crippen LogP contribution in [0.15, 0.2) is 115 Å². The van der Waals surface area contributed by atoms with Crippen LogP contribution in [0.2, 0.25) is 0 Å². The second kappa shape index (κ2) is 9.41. The molecule has 0 spiro atoms. The second-order valence-electron chi connectivity index (χ2n) is 6.61. The van der Waals surface area contributed by atoms with Crippen LogP contribution < -0.4 is 10.6 Å². The molecule has 142 valence electrons. The Morgan fingerprint density at radius 3 is 1.45 bits per heavy atom. The molecule has 0 aliphatic rings. The highest BCUT2D eigenvalue weighted by molar-refractivity contribution is 7.77. The molecule has 0 amide bonds. The molecule has 2 heterocycles. The Morgan fingerprint density at radius 2 is 1.07 bits per heavy atom. The number of aromatic nitrogens is 2. The number of nitrogens with zero attached hydrogens (tertiary/aromatic N) is 2. The Kier molecular flexibility index (Phi) is 6.24. The van der Waals surface area contributed by atoms with Gasteiger partial charge < -0.3 is 0 Å². The molecule has 4 rings (SSSR count). The van der Waals surface area contributed by atoms with Gasteiger partial charge in [-0.3, -0.25) is 9.97 Å². The maximum Gasteiger partial charge on any atom is 0.0727 e. The van der Waals surface area contributed by atoms with E-state index in [1.807, 2.05) is 36.7 Å². The van der Waals surface area contributed by atoms with Crippen molar-refractivity contribution in [2.24, 2.45) is 0 Å². The molecule has 2 nitrogen and oxygen atoms in total. The molecule has 0 aliphatic carbocycles. The summed E-state index contributed by atoms with van der Waals surface area (Å²) in [5.41, 5.74) is 3.09. The van der Waals surface area contributed by atoms with Gasteiger partial charge in [0.15, 0.2) is 0 Å². The van der Waals surface area contributed by atoms with Crippen LogP contribution in [0.5, 0.6) is 0 Å². The van der Waals surface area contributed by atoms with Crippen molar-refractivity contribution in [3.8, 4) is 0 Å². The topological polar surface area (TPSA) is 25.8 Å². The van der Waals surface area contributed by atoms with Crippen LogP contribution in [0.1, 0.15) is 24.7 Å². The first-order valence-corrected chi connectivity index (χ1v) is 11.2. The normalized spacial score (nSPS) is 10.7. The first-order chi connectivity index (χ1) is 14.4. The van der Waals surface area contributed by atoms with E-state index in [-0.39, 0.29) is 0 Å². The van der Waals surface area contributed by atoms with Gasteiger partial charge in [-0.05, 0) is 54.5 Å². The van der Waals surface area contributed by atoms with Gasteiger partial charge in [0.25, 0.3) is 0 Å². The standard InChI is InChI=1S/C26H23N2P/c1-2-25(26(23-17-9-11-19-27-23)24-18-10-12-20-28-24)29(21-13-5-3-6-14-21)22-15-7-4-8-16-22/h3-20H,2H2,1H3. The molecule has 4 aromatic rings.